The highest BCUT2D eigenvalue weighted by molar-refractivity contribution is 5.06. The van der Waals surface area contributed by atoms with E-state index in [0.717, 1.165) is 6.42 Å². The molecule has 0 bridgehead atoms. The number of unbranched alkanes of at least 4 members (excludes halogenated alkanes) is 1. The van der Waals surface area contributed by atoms with E-state index < -0.39 is 0 Å². The van der Waals surface area contributed by atoms with E-state index >= 15 is 0 Å². The molecule has 1 aliphatic rings. The van der Waals surface area contributed by atoms with Crippen molar-refractivity contribution in [3.05, 3.63) is 11.6 Å². The van der Waals surface area contributed by atoms with Crippen LogP contribution < -0.4 is 0 Å². The Morgan fingerprint density at radius 3 is 2.57 bits per heavy atom. The molecule has 1 rings (SSSR count). The fourth-order valence-electron chi connectivity index (χ4n) is 2.31. The molecule has 0 heterocycles. The van der Waals surface area contributed by atoms with Crippen LogP contribution in [0.25, 0.3) is 0 Å². The van der Waals surface area contributed by atoms with E-state index in [0.29, 0.717) is 5.92 Å². The second-order valence-electron chi connectivity index (χ2n) is 4.58. The Kier molecular flexibility index (Phi) is 5.24. The molecule has 82 valence electrons. The van der Waals surface area contributed by atoms with Gasteiger partial charge in [-0.25, -0.2) is 0 Å². The van der Waals surface area contributed by atoms with Gasteiger partial charge in [-0.05, 0) is 37.7 Å². The maximum atomic E-state index is 10.1. The van der Waals surface area contributed by atoms with Crippen LogP contribution in [0.5, 0.6) is 0 Å². The van der Waals surface area contributed by atoms with Crippen molar-refractivity contribution in [2.75, 3.05) is 0 Å². The van der Waals surface area contributed by atoms with Gasteiger partial charge in [-0.3, -0.25) is 0 Å². The summed E-state index contributed by atoms with van der Waals surface area (Å²) >= 11 is 0. The Morgan fingerprint density at radius 2 is 2.00 bits per heavy atom. The first kappa shape index (κ1) is 11.8. The molecular weight excluding hydrogens is 172 g/mol. The Balaban J connectivity index is 2.41. The Labute approximate surface area is 88.2 Å². The molecule has 1 heteroatoms. The van der Waals surface area contributed by atoms with E-state index in [2.05, 4.69) is 19.9 Å². The molecule has 14 heavy (non-hydrogen) atoms. The van der Waals surface area contributed by atoms with Crippen molar-refractivity contribution in [1.82, 2.24) is 0 Å². The van der Waals surface area contributed by atoms with Crippen molar-refractivity contribution in [2.24, 2.45) is 5.92 Å². The summed E-state index contributed by atoms with van der Waals surface area (Å²) in [5, 5.41) is 10.1. The topological polar surface area (TPSA) is 20.2 Å². The molecule has 0 aromatic heterocycles. The summed E-state index contributed by atoms with van der Waals surface area (Å²) in [6, 6.07) is 0. The SMILES string of the molecule is CCC/C=C(\C)[C@H](O)C1CCCCC1. The molecule has 1 atom stereocenters. The van der Waals surface area contributed by atoms with Crippen LogP contribution in [-0.2, 0) is 0 Å². The van der Waals surface area contributed by atoms with Gasteiger partial charge < -0.3 is 5.11 Å². The standard InChI is InChI=1S/C13H24O/c1-3-4-8-11(2)13(14)12-9-6-5-7-10-12/h8,12-14H,3-7,9-10H2,1-2H3/b11-8+/t13-/m0/s1. The van der Waals surface area contributed by atoms with Crippen molar-refractivity contribution in [3.8, 4) is 0 Å². The number of rotatable bonds is 4. The fourth-order valence-corrected chi connectivity index (χ4v) is 2.31. The predicted molar refractivity (Wildman–Crippen MR) is 61.2 cm³/mol. The quantitative estimate of drug-likeness (QED) is 0.680. The zero-order chi connectivity index (χ0) is 10.4. The third kappa shape index (κ3) is 3.45. The first-order valence-corrected chi connectivity index (χ1v) is 6.10. The zero-order valence-electron chi connectivity index (χ0n) is 9.63. The minimum Gasteiger partial charge on any atom is -0.388 e. The molecule has 1 nitrogen and oxygen atoms in total. The van der Waals surface area contributed by atoms with Crippen LogP contribution in [0.3, 0.4) is 0 Å². The lowest BCUT2D eigenvalue weighted by molar-refractivity contribution is 0.115. The zero-order valence-corrected chi connectivity index (χ0v) is 9.63. The van der Waals surface area contributed by atoms with E-state index in [1.165, 1.54) is 44.1 Å². The number of allylic oxidation sites excluding steroid dienone is 1. The van der Waals surface area contributed by atoms with E-state index in [1.807, 2.05) is 0 Å². The molecule has 0 aromatic rings. The van der Waals surface area contributed by atoms with Gasteiger partial charge in [0.2, 0.25) is 0 Å². The molecular formula is C13H24O. The van der Waals surface area contributed by atoms with Crippen LogP contribution in [0, 0.1) is 5.92 Å². The Hall–Kier alpha value is -0.300. The summed E-state index contributed by atoms with van der Waals surface area (Å²) in [6.45, 7) is 4.26. The highest BCUT2D eigenvalue weighted by atomic mass is 16.3. The highest BCUT2D eigenvalue weighted by Crippen LogP contribution is 2.29. The molecule has 0 aliphatic heterocycles. The van der Waals surface area contributed by atoms with E-state index in [-0.39, 0.29) is 6.10 Å². The van der Waals surface area contributed by atoms with Crippen molar-refractivity contribution >= 4 is 0 Å². The Morgan fingerprint density at radius 1 is 1.36 bits per heavy atom. The molecule has 0 radical (unpaired) electrons. The summed E-state index contributed by atoms with van der Waals surface area (Å²) in [4.78, 5) is 0. The largest absolute Gasteiger partial charge is 0.388 e. The van der Waals surface area contributed by atoms with Gasteiger partial charge in [-0.15, -0.1) is 0 Å². The lowest BCUT2D eigenvalue weighted by Gasteiger charge is -2.27. The van der Waals surface area contributed by atoms with Gasteiger partial charge in [0.05, 0.1) is 6.10 Å². The molecule has 0 unspecified atom stereocenters. The average molecular weight is 196 g/mol. The second kappa shape index (κ2) is 6.23. The average Bonchev–Trinajstić information content (AvgIpc) is 2.26. The number of aliphatic hydroxyl groups excluding tert-OH is 1. The summed E-state index contributed by atoms with van der Waals surface area (Å²) in [5.74, 6) is 0.539. The maximum absolute atomic E-state index is 10.1. The van der Waals surface area contributed by atoms with Crippen LogP contribution in [0.2, 0.25) is 0 Å². The predicted octanol–water partition coefficient (Wildman–Crippen LogP) is 3.67. The molecule has 1 aliphatic carbocycles. The molecule has 0 spiro atoms. The number of aliphatic hydroxyl groups is 1. The fraction of sp³-hybridized carbons (Fsp3) is 0.846. The molecule has 0 amide bonds. The third-order valence-corrected chi connectivity index (χ3v) is 3.32. The number of hydrogen-bond donors (Lipinski definition) is 1. The lowest BCUT2D eigenvalue weighted by Crippen LogP contribution is -2.23. The van der Waals surface area contributed by atoms with Crippen LogP contribution >= 0.6 is 0 Å². The van der Waals surface area contributed by atoms with Gasteiger partial charge in [-0.1, -0.05) is 38.7 Å². The molecule has 1 saturated carbocycles. The first-order valence-electron chi connectivity index (χ1n) is 6.10. The molecule has 1 fully saturated rings. The molecule has 0 saturated heterocycles. The van der Waals surface area contributed by atoms with Crippen molar-refractivity contribution < 1.29 is 5.11 Å². The van der Waals surface area contributed by atoms with Gasteiger partial charge in [0.1, 0.15) is 0 Å². The minimum absolute atomic E-state index is 0.165. The summed E-state index contributed by atoms with van der Waals surface area (Å²) in [6.07, 6.45) is 10.7. The smallest absolute Gasteiger partial charge is 0.0775 e. The van der Waals surface area contributed by atoms with Gasteiger partial charge in [-0.2, -0.15) is 0 Å². The Bertz CT molecular complexity index is 178. The van der Waals surface area contributed by atoms with E-state index in [1.54, 1.807) is 0 Å². The molecule has 1 N–H and O–H groups in total. The summed E-state index contributed by atoms with van der Waals surface area (Å²) in [7, 11) is 0. The van der Waals surface area contributed by atoms with E-state index in [4.69, 9.17) is 0 Å². The van der Waals surface area contributed by atoms with Gasteiger partial charge in [0.15, 0.2) is 0 Å². The molecule has 0 aromatic carbocycles. The lowest BCUT2D eigenvalue weighted by atomic mass is 9.83. The minimum atomic E-state index is -0.165. The van der Waals surface area contributed by atoms with Crippen LogP contribution in [0.4, 0.5) is 0 Å². The van der Waals surface area contributed by atoms with Crippen molar-refractivity contribution in [2.45, 2.75) is 64.9 Å². The normalized spacial score (nSPS) is 22.4. The van der Waals surface area contributed by atoms with Crippen molar-refractivity contribution in [3.63, 3.8) is 0 Å². The maximum Gasteiger partial charge on any atom is 0.0775 e. The highest BCUT2D eigenvalue weighted by Gasteiger charge is 2.22. The van der Waals surface area contributed by atoms with Gasteiger partial charge in [0.25, 0.3) is 0 Å². The van der Waals surface area contributed by atoms with Crippen LogP contribution in [0.15, 0.2) is 11.6 Å². The monoisotopic (exact) mass is 196 g/mol. The summed E-state index contributed by atoms with van der Waals surface area (Å²) in [5.41, 5.74) is 1.19. The first-order chi connectivity index (χ1) is 6.75. The van der Waals surface area contributed by atoms with Crippen molar-refractivity contribution in [1.29, 1.82) is 0 Å². The number of hydrogen-bond acceptors (Lipinski definition) is 1. The van der Waals surface area contributed by atoms with Gasteiger partial charge in [0, 0.05) is 0 Å². The van der Waals surface area contributed by atoms with Gasteiger partial charge >= 0.3 is 0 Å². The van der Waals surface area contributed by atoms with E-state index in [9.17, 15) is 5.11 Å². The van der Waals surface area contributed by atoms with Crippen LogP contribution in [0.1, 0.15) is 58.8 Å². The summed E-state index contributed by atoms with van der Waals surface area (Å²) < 4.78 is 0. The second-order valence-corrected chi connectivity index (χ2v) is 4.58. The third-order valence-electron chi connectivity index (χ3n) is 3.32. The van der Waals surface area contributed by atoms with Crippen LogP contribution in [-0.4, -0.2) is 11.2 Å².